The SMILES string of the molecule is Cc1ccc(S(=O)(=O)C(O)[C@H]2O[C@@H](n3ccc(=O)[nH]c3=O)[C@H](O)[C@@H]2O)cc1. The van der Waals surface area contributed by atoms with Crippen molar-refractivity contribution in [2.45, 2.75) is 41.8 Å². The minimum absolute atomic E-state index is 0.185. The highest BCUT2D eigenvalue weighted by Crippen LogP contribution is 2.33. The van der Waals surface area contributed by atoms with E-state index in [0.717, 1.165) is 22.4 Å². The van der Waals surface area contributed by atoms with Gasteiger partial charge in [-0.1, -0.05) is 17.7 Å². The van der Waals surface area contributed by atoms with E-state index in [1.807, 2.05) is 4.98 Å². The summed E-state index contributed by atoms with van der Waals surface area (Å²) in [5, 5.41) is 30.7. The Labute approximate surface area is 153 Å². The number of nitrogens with zero attached hydrogens (tertiary/aromatic N) is 1. The van der Waals surface area contributed by atoms with Crippen LogP contribution in [-0.4, -0.2) is 57.0 Å². The van der Waals surface area contributed by atoms with Crippen molar-refractivity contribution >= 4 is 9.84 Å². The van der Waals surface area contributed by atoms with E-state index in [1.165, 1.54) is 12.1 Å². The Kier molecular flexibility index (Phi) is 5.06. The maximum absolute atomic E-state index is 12.6. The maximum atomic E-state index is 12.6. The second-order valence-electron chi connectivity index (χ2n) is 6.24. The largest absolute Gasteiger partial charge is 0.387 e. The number of H-pyrrole nitrogens is 1. The van der Waals surface area contributed by atoms with Gasteiger partial charge in [-0.2, -0.15) is 0 Å². The summed E-state index contributed by atoms with van der Waals surface area (Å²) < 4.78 is 31.3. The van der Waals surface area contributed by atoms with Gasteiger partial charge >= 0.3 is 5.69 Å². The van der Waals surface area contributed by atoms with E-state index < -0.39 is 51.1 Å². The average Bonchev–Trinajstić information content (AvgIpc) is 2.90. The minimum atomic E-state index is -4.30. The molecule has 2 heterocycles. The Hall–Kier alpha value is -2.31. The van der Waals surface area contributed by atoms with E-state index in [2.05, 4.69) is 0 Å². The topological polar surface area (TPSA) is 159 Å². The summed E-state index contributed by atoms with van der Waals surface area (Å²) in [6.07, 6.45) is -5.66. The molecule has 11 heteroatoms. The zero-order valence-corrected chi connectivity index (χ0v) is 14.9. The number of aromatic nitrogens is 2. The third kappa shape index (κ3) is 3.47. The average molecular weight is 398 g/mol. The zero-order chi connectivity index (χ0) is 19.9. The van der Waals surface area contributed by atoms with E-state index >= 15 is 0 Å². The molecule has 0 aliphatic carbocycles. The fraction of sp³-hybridized carbons (Fsp3) is 0.375. The zero-order valence-electron chi connectivity index (χ0n) is 14.1. The monoisotopic (exact) mass is 398 g/mol. The molecule has 1 aliphatic heterocycles. The summed E-state index contributed by atoms with van der Waals surface area (Å²) in [6, 6.07) is 6.69. The van der Waals surface area contributed by atoms with Crippen molar-refractivity contribution in [3.8, 4) is 0 Å². The summed E-state index contributed by atoms with van der Waals surface area (Å²) in [4.78, 5) is 24.8. The van der Waals surface area contributed by atoms with Gasteiger partial charge in [0.25, 0.3) is 5.56 Å². The normalized spacial score (nSPS) is 26.8. The number of aliphatic hydroxyl groups excluding tert-OH is 3. The lowest BCUT2D eigenvalue weighted by Gasteiger charge is -2.21. The molecular formula is C16H18N2O8S. The summed E-state index contributed by atoms with van der Waals surface area (Å²) in [6.45, 7) is 1.76. The Morgan fingerprint density at radius 3 is 2.33 bits per heavy atom. The second-order valence-corrected chi connectivity index (χ2v) is 8.28. The first-order chi connectivity index (χ1) is 12.6. The second kappa shape index (κ2) is 7.02. The number of aromatic amines is 1. The number of aliphatic hydroxyl groups is 3. The van der Waals surface area contributed by atoms with E-state index in [-0.39, 0.29) is 4.90 Å². The third-order valence-electron chi connectivity index (χ3n) is 4.35. The predicted octanol–water partition coefficient (Wildman–Crippen LogP) is -1.74. The first-order valence-corrected chi connectivity index (χ1v) is 9.49. The van der Waals surface area contributed by atoms with Gasteiger partial charge in [-0.25, -0.2) is 13.2 Å². The summed E-state index contributed by atoms with van der Waals surface area (Å²) in [5.41, 5.74) is -2.97. The van der Waals surface area contributed by atoms with Gasteiger partial charge in [0, 0.05) is 12.3 Å². The van der Waals surface area contributed by atoms with E-state index in [4.69, 9.17) is 4.74 Å². The molecule has 0 bridgehead atoms. The molecule has 27 heavy (non-hydrogen) atoms. The van der Waals surface area contributed by atoms with Crippen LogP contribution >= 0.6 is 0 Å². The highest BCUT2D eigenvalue weighted by molar-refractivity contribution is 7.92. The van der Waals surface area contributed by atoms with Crippen LogP contribution < -0.4 is 11.2 Å². The molecule has 1 aromatic carbocycles. The minimum Gasteiger partial charge on any atom is -0.387 e. The van der Waals surface area contributed by atoms with Crippen LogP contribution in [0.15, 0.2) is 51.0 Å². The molecule has 1 aromatic heterocycles. The molecule has 1 saturated heterocycles. The molecular weight excluding hydrogens is 380 g/mol. The molecule has 3 rings (SSSR count). The van der Waals surface area contributed by atoms with E-state index in [0.29, 0.717) is 0 Å². The molecule has 1 unspecified atom stereocenters. The quantitative estimate of drug-likeness (QED) is 0.472. The molecule has 10 nitrogen and oxygen atoms in total. The van der Waals surface area contributed by atoms with Crippen LogP contribution in [0.25, 0.3) is 0 Å². The van der Waals surface area contributed by atoms with Gasteiger partial charge < -0.3 is 20.1 Å². The van der Waals surface area contributed by atoms with Crippen LogP contribution in [0.3, 0.4) is 0 Å². The van der Waals surface area contributed by atoms with Gasteiger partial charge in [0.2, 0.25) is 9.84 Å². The van der Waals surface area contributed by atoms with Crippen molar-refractivity contribution in [1.29, 1.82) is 0 Å². The molecule has 2 aromatic rings. The predicted molar refractivity (Wildman–Crippen MR) is 91.6 cm³/mol. The summed E-state index contributed by atoms with van der Waals surface area (Å²) >= 11 is 0. The van der Waals surface area contributed by atoms with Crippen LogP contribution in [-0.2, 0) is 14.6 Å². The van der Waals surface area contributed by atoms with Crippen molar-refractivity contribution in [2.24, 2.45) is 0 Å². The van der Waals surface area contributed by atoms with Crippen molar-refractivity contribution in [3.63, 3.8) is 0 Å². The number of rotatable bonds is 4. The van der Waals surface area contributed by atoms with Crippen molar-refractivity contribution in [1.82, 2.24) is 9.55 Å². The van der Waals surface area contributed by atoms with Crippen LogP contribution in [0.4, 0.5) is 0 Å². The summed E-state index contributed by atoms with van der Waals surface area (Å²) in [5.74, 6) is 0. The lowest BCUT2D eigenvalue weighted by molar-refractivity contribution is -0.0648. The Morgan fingerprint density at radius 2 is 1.74 bits per heavy atom. The molecule has 0 radical (unpaired) electrons. The Bertz CT molecular complexity index is 1040. The van der Waals surface area contributed by atoms with E-state index in [9.17, 15) is 33.3 Å². The molecule has 146 valence electrons. The number of hydrogen-bond acceptors (Lipinski definition) is 8. The molecule has 5 atom stereocenters. The number of hydrogen-bond donors (Lipinski definition) is 4. The van der Waals surface area contributed by atoms with E-state index in [1.54, 1.807) is 19.1 Å². The van der Waals surface area contributed by atoms with Crippen molar-refractivity contribution in [2.75, 3.05) is 0 Å². The van der Waals surface area contributed by atoms with Gasteiger partial charge in [-0.05, 0) is 19.1 Å². The standard InChI is InChI=1S/C16H18N2O8S/c1-8-2-4-9(5-3-8)27(24,25)15(22)13-11(20)12(21)14(26-13)18-7-6-10(19)17-16(18)23/h2-7,11-15,20-22H,1H3,(H,17,19,23)/t11-,12+,13-,14+,15?/m0/s1. The van der Waals surface area contributed by atoms with Crippen LogP contribution in [0.5, 0.6) is 0 Å². The number of ether oxygens (including phenoxy) is 1. The van der Waals surface area contributed by atoms with Gasteiger partial charge in [-0.3, -0.25) is 14.3 Å². The van der Waals surface area contributed by atoms with Gasteiger partial charge in [0.1, 0.15) is 18.3 Å². The smallest absolute Gasteiger partial charge is 0.330 e. The third-order valence-corrected chi connectivity index (χ3v) is 6.18. The molecule has 0 amide bonds. The van der Waals surface area contributed by atoms with Gasteiger partial charge in [0.05, 0.1) is 4.90 Å². The molecule has 0 spiro atoms. The van der Waals surface area contributed by atoms with Crippen LogP contribution in [0.2, 0.25) is 0 Å². The number of sulfone groups is 1. The lowest BCUT2D eigenvalue weighted by Crippen LogP contribution is -2.42. The van der Waals surface area contributed by atoms with Gasteiger partial charge in [-0.15, -0.1) is 0 Å². The van der Waals surface area contributed by atoms with Crippen LogP contribution in [0, 0.1) is 6.92 Å². The van der Waals surface area contributed by atoms with Crippen molar-refractivity contribution < 1.29 is 28.5 Å². The lowest BCUT2D eigenvalue weighted by atomic mass is 10.1. The fourth-order valence-electron chi connectivity index (χ4n) is 2.82. The first-order valence-electron chi connectivity index (χ1n) is 7.94. The number of benzene rings is 1. The summed E-state index contributed by atoms with van der Waals surface area (Å²) in [7, 11) is -4.30. The molecule has 0 saturated carbocycles. The number of nitrogens with one attached hydrogen (secondary N) is 1. The highest BCUT2D eigenvalue weighted by atomic mass is 32.2. The molecule has 4 N–H and O–H groups in total. The molecule has 1 fully saturated rings. The fourth-order valence-corrected chi connectivity index (χ4v) is 4.20. The Balaban J connectivity index is 1.92. The Morgan fingerprint density at radius 1 is 1.11 bits per heavy atom. The number of aryl methyl sites for hydroxylation is 1. The van der Waals surface area contributed by atoms with Crippen LogP contribution in [0.1, 0.15) is 11.8 Å². The van der Waals surface area contributed by atoms with Crippen molar-refractivity contribution in [3.05, 3.63) is 62.9 Å². The first kappa shape index (κ1) is 19.5. The highest BCUT2D eigenvalue weighted by Gasteiger charge is 2.50. The maximum Gasteiger partial charge on any atom is 0.330 e. The van der Waals surface area contributed by atoms with Gasteiger partial charge in [0.15, 0.2) is 11.7 Å². The molecule has 1 aliphatic rings.